The summed E-state index contributed by atoms with van der Waals surface area (Å²) in [4.78, 5) is 27.3. The van der Waals surface area contributed by atoms with E-state index in [1.807, 2.05) is 0 Å². The molecule has 1 aliphatic heterocycles. The molecule has 1 saturated carbocycles. The lowest BCUT2D eigenvalue weighted by molar-refractivity contribution is -0.141. The summed E-state index contributed by atoms with van der Waals surface area (Å²) in [6, 6.07) is 4.73. The van der Waals surface area contributed by atoms with Gasteiger partial charge >= 0.3 is 5.97 Å². The summed E-state index contributed by atoms with van der Waals surface area (Å²) in [6.45, 7) is 4.28. The number of likely N-dealkylation sites (N-methyl/N-ethyl adjacent to an activating group) is 1. The largest absolute Gasteiger partial charge is 0.449 e. The summed E-state index contributed by atoms with van der Waals surface area (Å²) < 4.78 is 33.1. The zero-order chi connectivity index (χ0) is 22.6. The van der Waals surface area contributed by atoms with Crippen LogP contribution in [0.2, 0.25) is 0 Å². The molecule has 0 spiro atoms. The molecule has 7 nitrogen and oxygen atoms in total. The van der Waals surface area contributed by atoms with Crippen molar-refractivity contribution >= 4 is 21.9 Å². The molecule has 3 rings (SSSR count). The summed E-state index contributed by atoms with van der Waals surface area (Å²) >= 11 is 0. The molecule has 1 aliphatic carbocycles. The number of aryl methyl sites for hydroxylation is 1. The molecule has 0 unspecified atom stereocenters. The maximum absolute atomic E-state index is 13.1. The van der Waals surface area contributed by atoms with E-state index in [4.69, 9.17) is 4.74 Å². The Bertz CT molecular complexity index is 903. The third kappa shape index (κ3) is 5.47. The highest BCUT2D eigenvalue weighted by atomic mass is 32.2. The van der Waals surface area contributed by atoms with Crippen LogP contribution in [0, 0.1) is 6.92 Å². The molecule has 2 fully saturated rings. The second-order valence-electron chi connectivity index (χ2n) is 8.73. The zero-order valence-electron chi connectivity index (χ0n) is 18.8. The normalized spacial score (nSPS) is 19.6. The number of hydrogen-bond donors (Lipinski definition) is 0. The van der Waals surface area contributed by atoms with Crippen LogP contribution >= 0.6 is 0 Å². The lowest BCUT2D eigenvalue weighted by atomic mass is 9.94. The quantitative estimate of drug-likeness (QED) is 0.620. The van der Waals surface area contributed by atoms with Gasteiger partial charge in [-0.1, -0.05) is 31.7 Å². The number of carbonyl (C=O) groups excluding carboxylic acids is 2. The van der Waals surface area contributed by atoms with E-state index >= 15 is 0 Å². The van der Waals surface area contributed by atoms with Crippen LogP contribution in [-0.4, -0.2) is 61.8 Å². The van der Waals surface area contributed by atoms with Crippen LogP contribution in [0.4, 0.5) is 0 Å². The first-order valence-corrected chi connectivity index (χ1v) is 12.7. The minimum absolute atomic E-state index is 0.127. The molecule has 1 heterocycles. The van der Waals surface area contributed by atoms with E-state index < -0.39 is 22.1 Å². The van der Waals surface area contributed by atoms with Crippen LogP contribution in [0.3, 0.4) is 0 Å². The molecule has 1 amide bonds. The minimum Gasteiger partial charge on any atom is -0.449 e. The lowest BCUT2D eigenvalue weighted by Gasteiger charge is -2.32. The number of hydrogen-bond acceptors (Lipinski definition) is 5. The predicted octanol–water partition coefficient (Wildman–Crippen LogP) is 3.51. The molecular weight excluding hydrogens is 416 g/mol. The van der Waals surface area contributed by atoms with Gasteiger partial charge in [0.1, 0.15) is 0 Å². The Morgan fingerprint density at radius 3 is 2.32 bits per heavy atom. The van der Waals surface area contributed by atoms with Gasteiger partial charge in [0.05, 0.1) is 10.5 Å². The Morgan fingerprint density at radius 2 is 1.68 bits per heavy atom. The molecule has 2 aliphatic rings. The fourth-order valence-corrected chi connectivity index (χ4v) is 6.23. The van der Waals surface area contributed by atoms with Crippen molar-refractivity contribution in [2.24, 2.45) is 0 Å². The highest BCUT2D eigenvalue weighted by Gasteiger charge is 2.30. The first-order valence-electron chi connectivity index (χ1n) is 11.3. The van der Waals surface area contributed by atoms with Crippen LogP contribution in [-0.2, 0) is 19.6 Å². The number of esters is 1. The van der Waals surface area contributed by atoms with Gasteiger partial charge in [-0.25, -0.2) is 13.2 Å². The summed E-state index contributed by atoms with van der Waals surface area (Å²) in [6.07, 6.45) is 7.13. The molecule has 0 bridgehead atoms. The predicted molar refractivity (Wildman–Crippen MR) is 118 cm³/mol. The van der Waals surface area contributed by atoms with E-state index in [0.717, 1.165) is 44.9 Å². The maximum Gasteiger partial charge on any atom is 0.338 e. The van der Waals surface area contributed by atoms with Gasteiger partial charge in [0.25, 0.3) is 5.91 Å². The van der Waals surface area contributed by atoms with Crippen LogP contribution in [0.15, 0.2) is 23.1 Å². The summed E-state index contributed by atoms with van der Waals surface area (Å²) in [5.41, 5.74) is 0.726. The molecular formula is C23H34N2O5S. The van der Waals surface area contributed by atoms with Gasteiger partial charge < -0.3 is 9.64 Å². The van der Waals surface area contributed by atoms with Crippen molar-refractivity contribution < 1.29 is 22.7 Å². The van der Waals surface area contributed by atoms with Gasteiger partial charge in [-0.05, 0) is 57.2 Å². The first-order chi connectivity index (χ1) is 14.7. The summed E-state index contributed by atoms with van der Waals surface area (Å²) in [5.74, 6) is -0.915. The fraction of sp³-hybridized carbons (Fsp3) is 0.652. The summed E-state index contributed by atoms with van der Waals surface area (Å²) in [5, 5.41) is 0. The van der Waals surface area contributed by atoms with Gasteiger partial charge in [-0.15, -0.1) is 0 Å². The van der Waals surface area contributed by atoms with E-state index in [0.29, 0.717) is 18.7 Å². The number of piperidine rings is 1. The standard InChI is InChI=1S/C23H34N2O5S/c1-17-12-13-19(16-21(17)31(28,29)25-14-8-5-9-15-25)23(27)30-18(2)22(26)24(3)20-10-6-4-7-11-20/h12-13,16,18,20H,4-11,14-15H2,1-3H3/t18-/m0/s1. The van der Waals surface area contributed by atoms with Crippen molar-refractivity contribution in [1.29, 1.82) is 0 Å². The first kappa shape index (κ1) is 23.7. The highest BCUT2D eigenvalue weighted by Crippen LogP contribution is 2.25. The molecule has 1 aromatic carbocycles. The van der Waals surface area contributed by atoms with Crippen molar-refractivity contribution in [1.82, 2.24) is 9.21 Å². The third-order valence-electron chi connectivity index (χ3n) is 6.46. The van der Waals surface area contributed by atoms with E-state index in [1.54, 1.807) is 37.9 Å². The average Bonchev–Trinajstić information content (AvgIpc) is 2.79. The van der Waals surface area contributed by atoms with E-state index in [2.05, 4.69) is 0 Å². The van der Waals surface area contributed by atoms with Crippen molar-refractivity contribution in [3.8, 4) is 0 Å². The fourth-order valence-electron chi connectivity index (χ4n) is 4.46. The topological polar surface area (TPSA) is 84.0 Å². The van der Waals surface area contributed by atoms with E-state index in [1.165, 1.54) is 16.8 Å². The molecule has 1 saturated heterocycles. The van der Waals surface area contributed by atoms with Gasteiger partial charge in [-0.2, -0.15) is 4.31 Å². The number of ether oxygens (including phenoxy) is 1. The number of nitrogens with zero attached hydrogens (tertiary/aromatic N) is 2. The molecule has 0 N–H and O–H groups in total. The average molecular weight is 451 g/mol. The number of amides is 1. The van der Waals surface area contributed by atoms with Crippen molar-refractivity contribution in [2.45, 2.75) is 82.3 Å². The lowest BCUT2D eigenvalue weighted by Crippen LogP contribution is -2.44. The van der Waals surface area contributed by atoms with Crippen LogP contribution < -0.4 is 0 Å². The number of benzene rings is 1. The molecule has 8 heteroatoms. The zero-order valence-corrected chi connectivity index (χ0v) is 19.6. The minimum atomic E-state index is -3.67. The van der Waals surface area contributed by atoms with Gasteiger partial charge in [0.2, 0.25) is 10.0 Å². The molecule has 172 valence electrons. The molecule has 1 aromatic rings. The molecule has 0 aromatic heterocycles. The number of carbonyl (C=O) groups is 2. The van der Waals surface area contributed by atoms with Crippen LogP contribution in [0.5, 0.6) is 0 Å². The Kier molecular flexibility index (Phi) is 7.75. The van der Waals surface area contributed by atoms with Gasteiger partial charge in [0.15, 0.2) is 6.10 Å². The van der Waals surface area contributed by atoms with Crippen LogP contribution in [0.25, 0.3) is 0 Å². The smallest absolute Gasteiger partial charge is 0.338 e. The Balaban J connectivity index is 1.71. The van der Waals surface area contributed by atoms with Crippen molar-refractivity contribution in [2.75, 3.05) is 20.1 Å². The maximum atomic E-state index is 13.1. The highest BCUT2D eigenvalue weighted by molar-refractivity contribution is 7.89. The van der Waals surface area contributed by atoms with Gasteiger partial charge in [0, 0.05) is 26.2 Å². The monoisotopic (exact) mass is 450 g/mol. The second kappa shape index (κ2) is 10.1. The summed E-state index contributed by atoms with van der Waals surface area (Å²) in [7, 11) is -1.91. The Hall–Kier alpha value is -1.93. The van der Waals surface area contributed by atoms with Crippen molar-refractivity contribution in [3.05, 3.63) is 29.3 Å². The number of sulfonamides is 1. The second-order valence-corrected chi connectivity index (χ2v) is 10.6. The Morgan fingerprint density at radius 1 is 1.06 bits per heavy atom. The van der Waals surface area contributed by atoms with Crippen LogP contribution in [0.1, 0.15) is 74.2 Å². The third-order valence-corrected chi connectivity index (χ3v) is 8.50. The molecule has 1 atom stereocenters. The van der Waals surface area contributed by atoms with Gasteiger partial charge in [-0.3, -0.25) is 4.79 Å². The van der Waals surface area contributed by atoms with E-state index in [9.17, 15) is 18.0 Å². The molecule has 0 radical (unpaired) electrons. The molecule has 31 heavy (non-hydrogen) atoms. The Labute approximate surface area is 185 Å². The van der Waals surface area contributed by atoms with E-state index in [-0.39, 0.29) is 22.4 Å². The SMILES string of the molecule is Cc1ccc(C(=O)O[C@@H](C)C(=O)N(C)C2CCCCC2)cc1S(=O)(=O)N1CCCCC1. The number of rotatable bonds is 6. The van der Waals surface area contributed by atoms with Crippen molar-refractivity contribution in [3.63, 3.8) is 0 Å².